The topological polar surface area (TPSA) is 137 Å². The Bertz CT molecular complexity index is 1050. The number of aliphatic hydroxyl groups excluding tert-OH is 5. The van der Waals surface area contributed by atoms with Gasteiger partial charge in [-0.1, -0.05) is 78.3 Å². The van der Waals surface area contributed by atoms with Crippen LogP contribution in [0.25, 0.3) is 0 Å². The van der Waals surface area contributed by atoms with Crippen LogP contribution in [0.2, 0.25) is 0 Å². The second-order valence-electron chi connectivity index (χ2n) is 14.4. The summed E-state index contributed by atoms with van der Waals surface area (Å²) in [6.07, 6.45) is 8.87. The van der Waals surface area contributed by atoms with Crippen molar-refractivity contribution in [2.45, 2.75) is 137 Å². The fourth-order valence-corrected chi connectivity index (χ4v) is 6.53. The predicted octanol–water partition coefficient (Wildman–Crippen LogP) is 5.52. The molecule has 1 aliphatic heterocycles. The zero-order valence-electron chi connectivity index (χ0n) is 29.9. The third-order valence-corrected chi connectivity index (χ3v) is 9.64. The van der Waals surface area contributed by atoms with Crippen molar-refractivity contribution in [3.05, 3.63) is 47.6 Å². The third kappa shape index (κ3) is 12.1. The van der Waals surface area contributed by atoms with Gasteiger partial charge in [0.25, 0.3) is 0 Å². The molecular weight excluding hydrogens is 572 g/mol. The standard InChI is InChI=1S/C37H64O8/c1-13-22(2)19-36(10)20-28(8)34(42)37(11,45-36)21-27(7)32(40)24(4)15-17-30(38)23(3)14-16-31(39)25(5)18-26(6)33(41)29(9)35(43)44-12/h14-18,21-25,28-34,38-42H,13,19-20H2,1-12H3/b16-14+,17-15+,26-18+,27-21+/t22?,23?,24?,25?,28-,29?,30?,31?,32?,33?,34+,36+,37-/m0/s1. The summed E-state index contributed by atoms with van der Waals surface area (Å²) in [4.78, 5) is 11.7. The minimum atomic E-state index is -1.01. The highest BCUT2D eigenvalue weighted by atomic mass is 16.5. The molecule has 9 unspecified atom stereocenters. The van der Waals surface area contributed by atoms with Gasteiger partial charge in [-0.15, -0.1) is 0 Å². The molecule has 0 amide bonds. The number of rotatable bonds is 16. The van der Waals surface area contributed by atoms with Crippen LogP contribution in [0.1, 0.15) is 95.4 Å². The van der Waals surface area contributed by atoms with Crippen LogP contribution in [0.3, 0.4) is 0 Å². The first kappa shape index (κ1) is 41.2. The van der Waals surface area contributed by atoms with Crippen molar-refractivity contribution in [3.8, 4) is 0 Å². The van der Waals surface area contributed by atoms with Crippen molar-refractivity contribution in [2.75, 3.05) is 7.11 Å². The summed E-state index contributed by atoms with van der Waals surface area (Å²) in [5, 5.41) is 54.1. The lowest BCUT2D eigenvalue weighted by molar-refractivity contribution is -0.224. The Morgan fingerprint density at radius 1 is 0.889 bits per heavy atom. The molecule has 0 spiro atoms. The summed E-state index contributed by atoms with van der Waals surface area (Å²) >= 11 is 0. The molecule has 0 radical (unpaired) electrons. The SMILES string of the molecule is CCC(C)C[C@]1(C)C[C@H](C)[C@@H](O)[C@](C)(/C=C(\C)C(O)C(C)/C=C/C(O)C(C)/C=C/C(O)C(C)/C=C(\C)C(O)C(C)C(=O)OC)O1. The Morgan fingerprint density at radius 3 is 1.96 bits per heavy atom. The number of hydrogen-bond donors (Lipinski definition) is 5. The lowest BCUT2D eigenvalue weighted by Gasteiger charge is -2.51. The Hall–Kier alpha value is -1.81. The van der Waals surface area contributed by atoms with Crippen LogP contribution in [-0.4, -0.2) is 80.3 Å². The van der Waals surface area contributed by atoms with Gasteiger partial charge in [0.15, 0.2) is 0 Å². The molecule has 0 saturated carbocycles. The summed E-state index contributed by atoms with van der Waals surface area (Å²) in [5.74, 6) is -1.64. The lowest BCUT2D eigenvalue weighted by atomic mass is 9.74. The Kier molecular flexibility index (Phi) is 16.4. The third-order valence-electron chi connectivity index (χ3n) is 9.64. The van der Waals surface area contributed by atoms with E-state index in [1.807, 2.05) is 33.8 Å². The monoisotopic (exact) mass is 636 g/mol. The van der Waals surface area contributed by atoms with Crippen LogP contribution in [0, 0.1) is 35.5 Å². The zero-order chi connectivity index (χ0) is 34.9. The molecule has 45 heavy (non-hydrogen) atoms. The maximum absolute atomic E-state index is 11.7. The van der Waals surface area contributed by atoms with Gasteiger partial charge < -0.3 is 35.0 Å². The Morgan fingerprint density at radius 2 is 1.42 bits per heavy atom. The molecule has 5 N–H and O–H groups in total. The first-order valence-corrected chi connectivity index (χ1v) is 16.6. The predicted molar refractivity (Wildman–Crippen MR) is 180 cm³/mol. The second-order valence-corrected chi connectivity index (χ2v) is 14.4. The molecule has 1 fully saturated rings. The summed E-state index contributed by atoms with van der Waals surface area (Å²) in [5.41, 5.74) is -0.0396. The number of hydrogen-bond acceptors (Lipinski definition) is 8. The quantitative estimate of drug-likeness (QED) is 0.110. The molecule has 0 aromatic rings. The van der Waals surface area contributed by atoms with Crippen molar-refractivity contribution < 1.29 is 39.8 Å². The van der Waals surface area contributed by atoms with Crippen LogP contribution in [0.5, 0.6) is 0 Å². The molecule has 1 saturated heterocycles. The molecule has 0 bridgehead atoms. The fraction of sp³-hybridized carbons (Fsp3) is 0.757. The summed E-state index contributed by atoms with van der Waals surface area (Å²) in [7, 11) is 1.27. The summed E-state index contributed by atoms with van der Waals surface area (Å²) in [6.45, 7) is 21.1. The number of aliphatic hydroxyl groups is 5. The zero-order valence-corrected chi connectivity index (χ0v) is 29.9. The van der Waals surface area contributed by atoms with Crippen molar-refractivity contribution >= 4 is 5.97 Å². The molecular formula is C37H64O8. The van der Waals surface area contributed by atoms with Gasteiger partial charge in [-0.3, -0.25) is 4.79 Å². The maximum Gasteiger partial charge on any atom is 0.311 e. The number of methoxy groups -OCH3 is 1. The van der Waals surface area contributed by atoms with Gasteiger partial charge in [-0.2, -0.15) is 0 Å². The first-order chi connectivity index (χ1) is 20.7. The minimum Gasteiger partial charge on any atom is -0.469 e. The van der Waals surface area contributed by atoms with Crippen LogP contribution >= 0.6 is 0 Å². The van der Waals surface area contributed by atoms with Gasteiger partial charge >= 0.3 is 5.97 Å². The van der Waals surface area contributed by atoms with Crippen molar-refractivity contribution in [1.82, 2.24) is 0 Å². The average molecular weight is 637 g/mol. The molecule has 1 aliphatic rings. The minimum absolute atomic E-state index is 0.0458. The first-order valence-electron chi connectivity index (χ1n) is 16.6. The molecule has 0 aromatic carbocycles. The van der Waals surface area contributed by atoms with Gasteiger partial charge in [-0.25, -0.2) is 0 Å². The Labute approximate surface area is 272 Å². The van der Waals surface area contributed by atoms with Crippen LogP contribution in [-0.2, 0) is 14.3 Å². The second kappa shape index (κ2) is 17.9. The van der Waals surface area contributed by atoms with Crippen molar-refractivity contribution in [2.24, 2.45) is 35.5 Å². The molecule has 8 heteroatoms. The highest BCUT2D eigenvalue weighted by Crippen LogP contribution is 2.43. The van der Waals surface area contributed by atoms with Gasteiger partial charge in [-0.05, 0) is 76.5 Å². The molecule has 260 valence electrons. The van der Waals surface area contributed by atoms with E-state index in [1.54, 1.807) is 51.2 Å². The number of ether oxygens (including phenoxy) is 2. The van der Waals surface area contributed by atoms with Crippen molar-refractivity contribution in [3.63, 3.8) is 0 Å². The molecule has 0 aromatic heterocycles. The van der Waals surface area contributed by atoms with E-state index in [1.165, 1.54) is 7.11 Å². The smallest absolute Gasteiger partial charge is 0.311 e. The number of carbonyl (C=O) groups is 1. The Balaban J connectivity index is 2.89. The van der Waals surface area contributed by atoms with Gasteiger partial charge in [0.05, 0.1) is 49.1 Å². The molecule has 8 nitrogen and oxygen atoms in total. The highest BCUT2D eigenvalue weighted by molar-refractivity contribution is 5.73. The van der Waals surface area contributed by atoms with E-state index in [2.05, 4.69) is 27.7 Å². The van der Waals surface area contributed by atoms with Crippen LogP contribution < -0.4 is 0 Å². The van der Waals surface area contributed by atoms with Gasteiger partial charge in [0.2, 0.25) is 0 Å². The number of carbonyl (C=O) groups excluding carboxylic acids is 1. The highest BCUT2D eigenvalue weighted by Gasteiger charge is 2.48. The molecule has 0 aliphatic carbocycles. The molecule has 1 heterocycles. The largest absolute Gasteiger partial charge is 0.469 e. The van der Waals surface area contributed by atoms with Crippen LogP contribution in [0.15, 0.2) is 47.6 Å². The fourth-order valence-electron chi connectivity index (χ4n) is 6.53. The van der Waals surface area contributed by atoms with Gasteiger partial charge in [0, 0.05) is 17.8 Å². The lowest BCUT2D eigenvalue weighted by Crippen LogP contribution is -2.57. The molecule has 1 rings (SSSR count). The average Bonchev–Trinajstić information content (AvgIpc) is 2.98. The summed E-state index contributed by atoms with van der Waals surface area (Å²) in [6, 6.07) is 0. The normalized spacial score (nSPS) is 31.2. The van der Waals surface area contributed by atoms with E-state index in [0.29, 0.717) is 17.1 Å². The van der Waals surface area contributed by atoms with E-state index < -0.39 is 48.0 Å². The number of esters is 1. The van der Waals surface area contributed by atoms with Crippen LogP contribution in [0.4, 0.5) is 0 Å². The van der Waals surface area contributed by atoms with Crippen molar-refractivity contribution in [1.29, 1.82) is 0 Å². The molecule has 13 atom stereocenters. The van der Waals surface area contributed by atoms with Gasteiger partial charge in [0.1, 0.15) is 5.60 Å². The van der Waals surface area contributed by atoms with E-state index >= 15 is 0 Å². The maximum atomic E-state index is 11.7. The van der Waals surface area contributed by atoms with E-state index in [9.17, 15) is 30.3 Å². The van der Waals surface area contributed by atoms with E-state index in [0.717, 1.165) is 19.3 Å². The summed E-state index contributed by atoms with van der Waals surface area (Å²) < 4.78 is 11.3. The van der Waals surface area contributed by atoms with E-state index in [4.69, 9.17) is 9.47 Å². The van der Waals surface area contributed by atoms with E-state index in [-0.39, 0.29) is 29.3 Å².